The van der Waals surface area contributed by atoms with Crippen molar-refractivity contribution in [2.45, 2.75) is 6.92 Å². The van der Waals surface area contributed by atoms with Crippen molar-refractivity contribution in [3.63, 3.8) is 0 Å². The SMILES string of the molecule is Cc1c(N2CC3CNCC3C2)cccc1[N+](=O)[O-]. The Hall–Kier alpha value is -1.62. The fourth-order valence-electron chi connectivity index (χ4n) is 3.20. The summed E-state index contributed by atoms with van der Waals surface area (Å²) in [6, 6.07) is 5.36. The number of fused-ring (bicyclic) bond motifs is 1. The lowest BCUT2D eigenvalue weighted by atomic mass is 10.0. The molecule has 96 valence electrons. The van der Waals surface area contributed by atoms with Crippen LogP contribution in [0.25, 0.3) is 0 Å². The number of rotatable bonds is 2. The molecular formula is C13H17N3O2. The van der Waals surface area contributed by atoms with E-state index >= 15 is 0 Å². The molecular weight excluding hydrogens is 230 g/mol. The molecule has 2 heterocycles. The maximum absolute atomic E-state index is 11.0. The minimum Gasteiger partial charge on any atom is -0.370 e. The molecule has 0 radical (unpaired) electrons. The maximum Gasteiger partial charge on any atom is 0.274 e. The smallest absolute Gasteiger partial charge is 0.274 e. The Balaban J connectivity index is 1.89. The molecule has 0 aromatic heterocycles. The third-order valence-corrected chi connectivity index (χ3v) is 4.20. The molecule has 2 unspecified atom stereocenters. The van der Waals surface area contributed by atoms with Gasteiger partial charge in [-0.25, -0.2) is 0 Å². The Morgan fingerprint density at radius 3 is 2.61 bits per heavy atom. The normalized spacial score (nSPS) is 26.4. The highest BCUT2D eigenvalue weighted by Crippen LogP contribution is 2.34. The van der Waals surface area contributed by atoms with Crippen LogP contribution in [0.4, 0.5) is 11.4 Å². The summed E-state index contributed by atoms with van der Waals surface area (Å²) in [4.78, 5) is 13.0. The predicted octanol–water partition coefficient (Wildman–Crippen LogP) is 1.56. The van der Waals surface area contributed by atoms with E-state index in [9.17, 15) is 10.1 Å². The van der Waals surface area contributed by atoms with E-state index in [0.717, 1.165) is 37.4 Å². The standard InChI is InChI=1S/C13H17N3O2/c1-9-12(3-2-4-13(9)16(17)18)15-7-10-5-14-6-11(10)8-15/h2-4,10-11,14H,5-8H2,1H3. The van der Waals surface area contributed by atoms with E-state index in [1.807, 2.05) is 13.0 Å². The Kier molecular flexibility index (Phi) is 2.70. The van der Waals surface area contributed by atoms with Gasteiger partial charge in [0.15, 0.2) is 0 Å². The Morgan fingerprint density at radius 1 is 1.33 bits per heavy atom. The molecule has 3 rings (SSSR count). The largest absolute Gasteiger partial charge is 0.370 e. The van der Waals surface area contributed by atoms with E-state index in [1.165, 1.54) is 0 Å². The molecule has 18 heavy (non-hydrogen) atoms. The van der Waals surface area contributed by atoms with Crippen molar-refractivity contribution in [3.8, 4) is 0 Å². The minimum absolute atomic E-state index is 0.225. The molecule has 2 atom stereocenters. The van der Waals surface area contributed by atoms with E-state index in [-0.39, 0.29) is 10.6 Å². The van der Waals surface area contributed by atoms with Gasteiger partial charge in [-0.05, 0) is 24.8 Å². The zero-order valence-electron chi connectivity index (χ0n) is 10.4. The lowest BCUT2D eigenvalue weighted by Crippen LogP contribution is -2.26. The van der Waals surface area contributed by atoms with Crippen LogP contribution in [0, 0.1) is 28.9 Å². The molecule has 2 fully saturated rings. The Bertz CT molecular complexity index is 477. The van der Waals surface area contributed by atoms with Crippen LogP contribution in [0.1, 0.15) is 5.56 Å². The summed E-state index contributed by atoms with van der Waals surface area (Å²) in [5, 5.41) is 14.4. The molecule has 2 aliphatic heterocycles. The molecule has 2 aliphatic rings. The van der Waals surface area contributed by atoms with Crippen molar-refractivity contribution in [3.05, 3.63) is 33.9 Å². The molecule has 1 aromatic carbocycles. The third-order valence-electron chi connectivity index (χ3n) is 4.20. The summed E-state index contributed by atoms with van der Waals surface area (Å²) in [5.41, 5.74) is 2.04. The molecule has 0 spiro atoms. The van der Waals surface area contributed by atoms with Crippen LogP contribution in [0.15, 0.2) is 18.2 Å². The fraction of sp³-hybridized carbons (Fsp3) is 0.538. The summed E-state index contributed by atoms with van der Waals surface area (Å²) < 4.78 is 0. The van der Waals surface area contributed by atoms with Gasteiger partial charge in [0.2, 0.25) is 0 Å². The van der Waals surface area contributed by atoms with Crippen molar-refractivity contribution < 1.29 is 4.92 Å². The molecule has 5 heteroatoms. The maximum atomic E-state index is 11.0. The Morgan fingerprint density at radius 2 is 2.00 bits per heavy atom. The van der Waals surface area contributed by atoms with Crippen LogP contribution in [0.2, 0.25) is 0 Å². The number of nitro benzene ring substituents is 1. The predicted molar refractivity (Wildman–Crippen MR) is 69.9 cm³/mol. The first kappa shape index (κ1) is 11.5. The Labute approximate surface area is 106 Å². The number of hydrogen-bond acceptors (Lipinski definition) is 4. The zero-order chi connectivity index (χ0) is 12.7. The molecule has 5 nitrogen and oxygen atoms in total. The van der Waals surface area contributed by atoms with E-state index < -0.39 is 0 Å². The van der Waals surface area contributed by atoms with Gasteiger partial charge in [-0.3, -0.25) is 10.1 Å². The average molecular weight is 247 g/mol. The summed E-state index contributed by atoms with van der Waals surface area (Å²) in [6.45, 7) is 6.03. The van der Waals surface area contributed by atoms with E-state index in [0.29, 0.717) is 11.8 Å². The van der Waals surface area contributed by atoms with Gasteiger partial charge < -0.3 is 10.2 Å². The number of nitrogens with one attached hydrogen (secondary N) is 1. The molecule has 0 bridgehead atoms. The van der Waals surface area contributed by atoms with Gasteiger partial charge in [0, 0.05) is 37.9 Å². The molecule has 0 amide bonds. The number of anilines is 1. The van der Waals surface area contributed by atoms with Crippen molar-refractivity contribution >= 4 is 11.4 Å². The van der Waals surface area contributed by atoms with Gasteiger partial charge in [-0.15, -0.1) is 0 Å². The van der Waals surface area contributed by atoms with Gasteiger partial charge in [-0.2, -0.15) is 0 Å². The van der Waals surface area contributed by atoms with Crippen LogP contribution in [0.3, 0.4) is 0 Å². The highest BCUT2D eigenvalue weighted by atomic mass is 16.6. The summed E-state index contributed by atoms with van der Waals surface area (Å²) in [7, 11) is 0. The monoisotopic (exact) mass is 247 g/mol. The van der Waals surface area contributed by atoms with E-state index in [1.54, 1.807) is 12.1 Å². The van der Waals surface area contributed by atoms with Gasteiger partial charge in [0.1, 0.15) is 0 Å². The van der Waals surface area contributed by atoms with Crippen LogP contribution < -0.4 is 10.2 Å². The number of nitro groups is 1. The minimum atomic E-state index is -0.294. The van der Waals surface area contributed by atoms with Crippen LogP contribution in [-0.2, 0) is 0 Å². The second kappa shape index (κ2) is 4.24. The van der Waals surface area contributed by atoms with Gasteiger partial charge in [0.05, 0.1) is 10.5 Å². The van der Waals surface area contributed by atoms with Crippen molar-refractivity contribution in [2.24, 2.45) is 11.8 Å². The lowest BCUT2D eigenvalue weighted by Gasteiger charge is -2.21. The fourth-order valence-corrected chi connectivity index (χ4v) is 3.20. The zero-order valence-corrected chi connectivity index (χ0v) is 10.4. The third kappa shape index (κ3) is 1.75. The van der Waals surface area contributed by atoms with Crippen LogP contribution in [0.5, 0.6) is 0 Å². The molecule has 0 saturated carbocycles. The van der Waals surface area contributed by atoms with Crippen molar-refractivity contribution in [1.29, 1.82) is 0 Å². The molecule has 2 saturated heterocycles. The highest BCUT2D eigenvalue weighted by Gasteiger charge is 2.37. The second-order valence-corrected chi connectivity index (χ2v) is 5.26. The van der Waals surface area contributed by atoms with Gasteiger partial charge >= 0.3 is 0 Å². The number of benzene rings is 1. The van der Waals surface area contributed by atoms with Crippen molar-refractivity contribution in [1.82, 2.24) is 5.32 Å². The number of hydrogen-bond donors (Lipinski definition) is 1. The molecule has 1 N–H and O–H groups in total. The van der Waals surface area contributed by atoms with Crippen molar-refractivity contribution in [2.75, 3.05) is 31.1 Å². The summed E-state index contributed by atoms with van der Waals surface area (Å²) in [5.74, 6) is 1.40. The summed E-state index contributed by atoms with van der Waals surface area (Å²) in [6.07, 6.45) is 0. The quantitative estimate of drug-likeness (QED) is 0.636. The topological polar surface area (TPSA) is 58.4 Å². The van der Waals surface area contributed by atoms with Crippen LogP contribution >= 0.6 is 0 Å². The number of nitrogens with zero attached hydrogens (tertiary/aromatic N) is 2. The van der Waals surface area contributed by atoms with E-state index in [4.69, 9.17) is 0 Å². The highest BCUT2D eigenvalue weighted by molar-refractivity contribution is 5.62. The first-order valence-corrected chi connectivity index (χ1v) is 6.36. The van der Waals surface area contributed by atoms with E-state index in [2.05, 4.69) is 10.2 Å². The first-order chi connectivity index (χ1) is 8.66. The average Bonchev–Trinajstić information content (AvgIpc) is 2.89. The molecule has 0 aliphatic carbocycles. The lowest BCUT2D eigenvalue weighted by molar-refractivity contribution is -0.385. The van der Waals surface area contributed by atoms with Gasteiger partial charge in [-0.1, -0.05) is 6.07 Å². The first-order valence-electron chi connectivity index (χ1n) is 6.36. The van der Waals surface area contributed by atoms with Gasteiger partial charge in [0.25, 0.3) is 5.69 Å². The summed E-state index contributed by atoms with van der Waals surface area (Å²) >= 11 is 0. The second-order valence-electron chi connectivity index (χ2n) is 5.26. The molecule has 1 aromatic rings. The van der Waals surface area contributed by atoms with Crippen LogP contribution in [-0.4, -0.2) is 31.1 Å².